The molecule has 152 valence electrons. The van der Waals surface area contributed by atoms with Gasteiger partial charge in [-0.1, -0.05) is 60.7 Å². The van der Waals surface area contributed by atoms with Crippen molar-refractivity contribution < 1.29 is 12.8 Å². The van der Waals surface area contributed by atoms with E-state index in [1.54, 1.807) is 12.1 Å². The fourth-order valence-electron chi connectivity index (χ4n) is 3.34. The first-order valence-electron chi connectivity index (χ1n) is 9.73. The van der Waals surface area contributed by atoms with Crippen LogP contribution in [0.4, 0.5) is 0 Å². The van der Waals surface area contributed by atoms with E-state index in [-0.39, 0.29) is 4.90 Å². The lowest BCUT2D eigenvalue weighted by Crippen LogP contribution is -2.11. The van der Waals surface area contributed by atoms with Crippen molar-refractivity contribution in [2.45, 2.75) is 24.2 Å². The molecule has 6 heteroatoms. The van der Waals surface area contributed by atoms with Crippen LogP contribution in [0.1, 0.15) is 17.9 Å². The molecule has 1 heterocycles. The van der Waals surface area contributed by atoms with Gasteiger partial charge in [-0.25, -0.2) is 18.5 Å². The Balaban J connectivity index is 1.63. The van der Waals surface area contributed by atoms with E-state index in [0.717, 1.165) is 29.7 Å². The number of nitrogens with two attached hydrogens (primary N) is 1. The summed E-state index contributed by atoms with van der Waals surface area (Å²) in [5.74, 6) is 1.28. The van der Waals surface area contributed by atoms with Gasteiger partial charge in [0, 0.05) is 17.5 Å². The zero-order chi connectivity index (χ0) is 21.0. The number of aryl methyl sites for hydroxylation is 2. The molecule has 2 N–H and O–H groups in total. The molecule has 0 amide bonds. The van der Waals surface area contributed by atoms with Crippen LogP contribution in [0.3, 0.4) is 0 Å². The van der Waals surface area contributed by atoms with Gasteiger partial charge in [0.1, 0.15) is 5.69 Å². The highest BCUT2D eigenvalue weighted by Gasteiger charge is 2.17. The van der Waals surface area contributed by atoms with Gasteiger partial charge >= 0.3 is 0 Å². The van der Waals surface area contributed by atoms with Crippen LogP contribution in [0, 0.1) is 0 Å². The van der Waals surface area contributed by atoms with E-state index in [9.17, 15) is 8.42 Å². The normalized spacial score (nSPS) is 11.5. The molecule has 0 radical (unpaired) electrons. The quantitative estimate of drug-likeness (QED) is 0.466. The summed E-state index contributed by atoms with van der Waals surface area (Å²) in [6.07, 6.45) is 2.58. The number of hydrogen-bond acceptors (Lipinski definition) is 4. The predicted octanol–water partition coefficient (Wildman–Crippen LogP) is 4.83. The minimum Gasteiger partial charge on any atom is -0.440 e. The van der Waals surface area contributed by atoms with Gasteiger partial charge < -0.3 is 4.42 Å². The third kappa shape index (κ3) is 4.67. The van der Waals surface area contributed by atoms with Gasteiger partial charge in [0.25, 0.3) is 0 Å². The van der Waals surface area contributed by atoms with Crippen LogP contribution in [0.5, 0.6) is 0 Å². The van der Waals surface area contributed by atoms with Crippen LogP contribution in [0.2, 0.25) is 0 Å². The number of sulfonamides is 1. The summed E-state index contributed by atoms with van der Waals surface area (Å²) in [4.78, 5) is 4.81. The SMILES string of the molecule is NS(=O)(=O)c1ccc(-c2oc(CCCc3ccccc3)nc2-c2ccccc2)cc1. The lowest BCUT2D eigenvalue weighted by molar-refractivity contribution is 0.498. The minimum atomic E-state index is -3.74. The molecule has 0 aliphatic heterocycles. The Labute approximate surface area is 176 Å². The van der Waals surface area contributed by atoms with Gasteiger partial charge in [0.2, 0.25) is 10.0 Å². The number of oxazole rings is 1. The standard InChI is InChI=1S/C24H22N2O3S/c25-30(27,28)21-16-14-20(15-17-21)24-23(19-11-5-2-6-12-19)26-22(29-24)13-7-10-18-8-3-1-4-9-18/h1-6,8-9,11-12,14-17H,7,10,13H2,(H2,25,27,28). The van der Waals surface area contributed by atoms with Crippen molar-refractivity contribution in [1.82, 2.24) is 4.98 Å². The van der Waals surface area contributed by atoms with Crippen molar-refractivity contribution >= 4 is 10.0 Å². The number of benzene rings is 3. The summed E-state index contributed by atoms with van der Waals surface area (Å²) in [5.41, 5.74) is 3.73. The van der Waals surface area contributed by atoms with E-state index >= 15 is 0 Å². The van der Waals surface area contributed by atoms with Gasteiger partial charge in [0.05, 0.1) is 4.90 Å². The molecule has 30 heavy (non-hydrogen) atoms. The van der Waals surface area contributed by atoms with Gasteiger partial charge in [-0.05, 0) is 42.7 Å². The molecule has 3 aromatic carbocycles. The van der Waals surface area contributed by atoms with E-state index in [1.807, 2.05) is 48.5 Å². The van der Waals surface area contributed by atoms with E-state index < -0.39 is 10.0 Å². The second kappa shape index (κ2) is 8.65. The largest absolute Gasteiger partial charge is 0.440 e. The lowest BCUT2D eigenvalue weighted by atomic mass is 10.1. The Morgan fingerprint density at radius 1 is 0.767 bits per heavy atom. The smallest absolute Gasteiger partial charge is 0.238 e. The van der Waals surface area contributed by atoms with Crippen molar-refractivity contribution in [3.63, 3.8) is 0 Å². The maximum atomic E-state index is 11.6. The highest BCUT2D eigenvalue weighted by Crippen LogP contribution is 2.33. The van der Waals surface area contributed by atoms with Crippen molar-refractivity contribution in [3.05, 3.63) is 96.4 Å². The Bertz CT molecular complexity index is 1220. The Hall–Kier alpha value is -3.22. The fraction of sp³-hybridized carbons (Fsp3) is 0.125. The van der Waals surface area contributed by atoms with E-state index in [1.165, 1.54) is 17.7 Å². The van der Waals surface area contributed by atoms with E-state index in [0.29, 0.717) is 18.1 Å². The van der Waals surface area contributed by atoms with Crippen LogP contribution in [-0.4, -0.2) is 13.4 Å². The van der Waals surface area contributed by atoms with Crippen molar-refractivity contribution in [1.29, 1.82) is 0 Å². The molecule has 0 fully saturated rings. The molecule has 0 spiro atoms. The third-order valence-electron chi connectivity index (χ3n) is 4.86. The summed E-state index contributed by atoms with van der Waals surface area (Å²) >= 11 is 0. The van der Waals surface area contributed by atoms with Crippen LogP contribution in [-0.2, 0) is 22.9 Å². The van der Waals surface area contributed by atoms with Gasteiger partial charge in [0.15, 0.2) is 11.7 Å². The van der Waals surface area contributed by atoms with Crippen LogP contribution < -0.4 is 5.14 Å². The number of hydrogen-bond donors (Lipinski definition) is 1. The number of rotatable bonds is 7. The molecule has 4 aromatic rings. The average Bonchev–Trinajstić information content (AvgIpc) is 3.19. The Kier molecular flexibility index (Phi) is 5.79. The third-order valence-corrected chi connectivity index (χ3v) is 5.79. The number of aromatic nitrogens is 1. The average molecular weight is 419 g/mol. The molecule has 0 unspecified atom stereocenters. The number of primary sulfonamides is 1. The Morgan fingerprint density at radius 2 is 1.40 bits per heavy atom. The Morgan fingerprint density at radius 3 is 2.03 bits per heavy atom. The van der Waals surface area contributed by atoms with Crippen molar-refractivity contribution in [2.75, 3.05) is 0 Å². The molecule has 5 nitrogen and oxygen atoms in total. The van der Waals surface area contributed by atoms with Gasteiger partial charge in [-0.15, -0.1) is 0 Å². The molecule has 4 rings (SSSR count). The zero-order valence-corrected chi connectivity index (χ0v) is 17.2. The molecule has 0 atom stereocenters. The highest BCUT2D eigenvalue weighted by molar-refractivity contribution is 7.89. The first-order valence-corrected chi connectivity index (χ1v) is 11.3. The molecule has 0 bridgehead atoms. The molecule has 0 saturated heterocycles. The lowest BCUT2D eigenvalue weighted by Gasteiger charge is -2.03. The summed E-state index contributed by atoms with van der Waals surface area (Å²) < 4.78 is 29.2. The fourth-order valence-corrected chi connectivity index (χ4v) is 3.86. The van der Waals surface area contributed by atoms with Gasteiger partial charge in [-0.2, -0.15) is 0 Å². The molecule has 1 aromatic heterocycles. The molecule has 0 aliphatic rings. The predicted molar refractivity (Wildman–Crippen MR) is 117 cm³/mol. The second-order valence-electron chi connectivity index (χ2n) is 7.06. The van der Waals surface area contributed by atoms with Crippen LogP contribution in [0.15, 0.2) is 94.2 Å². The zero-order valence-electron chi connectivity index (χ0n) is 16.4. The summed E-state index contributed by atoms with van der Waals surface area (Å²) in [7, 11) is -3.74. The summed E-state index contributed by atoms with van der Waals surface area (Å²) in [6.45, 7) is 0. The molecular formula is C24H22N2O3S. The second-order valence-corrected chi connectivity index (χ2v) is 8.62. The monoisotopic (exact) mass is 418 g/mol. The topological polar surface area (TPSA) is 86.2 Å². The maximum Gasteiger partial charge on any atom is 0.238 e. The van der Waals surface area contributed by atoms with Crippen LogP contribution in [0.25, 0.3) is 22.6 Å². The molecular weight excluding hydrogens is 396 g/mol. The van der Waals surface area contributed by atoms with Crippen molar-refractivity contribution in [2.24, 2.45) is 5.14 Å². The first-order chi connectivity index (χ1) is 14.5. The van der Waals surface area contributed by atoms with E-state index in [2.05, 4.69) is 12.1 Å². The summed E-state index contributed by atoms with van der Waals surface area (Å²) in [6, 6.07) is 26.5. The van der Waals surface area contributed by atoms with Crippen molar-refractivity contribution in [3.8, 4) is 22.6 Å². The highest BCUT2D eigenvalue weighted by atomic mass is 32.2. The van der Waals surface area contributed by atoms with E-state index in [4.69, 9.17) is 14.5 Å². The maximum absolute atomic E-state index is 11.6. The number of nitrogens with zero attached hydrogens (tertiary/aromatic N) is 1. The van der Waals surface area contributed by atoms with Gasteiger partial charge in [-0.3, -0.25) is 0 Å². The molecule has 0 aliphatic carbocycles. The molecule has 0 saturated carbocycles. The minimum absolute atomic E-state index is 0.0649. The van der Waals surface area contributed by atoms with Crippen LogP contribution >= 0.6 is 0 Å². The summed E-state index contributed by atoms with van der Waals surface area (Å²) in [5, 5.41) is 5.21. The first kappa shape index (κ1) is 20.1.